The molecule has 57 heavy (non-hydrogen) atoms. The van der Waals surface area contributed by atoms with Crippen LogP contribution in [0.5, 0.6) is 0 Å². The predicted molar refractivity (Wildman–Crippen MR) is 222 cm³/mol. The number of amidine groups is 2. The highest BCUT2D eigenvalue weighted by molar-refractivity contribution is 7.17. The number of piperazine rings is 1. The van der Waals surface area contributed by atoms with E-state index in [4.69, 9.17) is 27.4 Å². The zero-order valence-corrected chi connectivity index (χ0v) is 33.6. The number of carbonyl (C=O) groups excluding carboxylic acids is 3. The van der Waals surface area contributed by atoms with E-state index < -0.39 is 18.0 Å². The molecule has 0 aliphatic carbocycles. The summed E-state index contributed by atoms with van der Waals surface area (Å²) in [6.07, 6.45) is 4.35. The Labute approximate surface area is 340 Å². The van der Waals surface area contributed by atoms with E-state index >= 15 is 0 Å². The number of imide groups is 1. The van der Waals surface area contributed by atoms with E-state index in [1.807, 2.05) is 61.1 Å². The van der Waals surface area contributed by atoms with Crippen LogP contribution in [0.2, 0.25) is 5.02 Å². The number of hydrogen-bond donors (Lipinski definition) is 3. The number of halogens is 1. The van der Waals surface area contributed by atoms with Crippen LogP contribution in [-0.2, 0) is 29.2 Å². The number of aliphatic imine (C=N–C) groups is 1. The summed E-state index contributed by atoms with van der Waals surface area (Å²) in [4.78, 5) is 51.4. The molecule has 2 aromatic heterocycles. The highest BCUT2D eigenvalue weighted by Crippen LogP contribution is 2.40. The average molecular weight is 803 g/mol. The number of amides is 3. The Kier molecular flexibility index (Phi) is 10.7. The first-order valence-electron chi connectivity index (χ1n) is 19.1. The van der Waals surface area contributed by atoms with E-state index in [1.165, 1.54) is 11.3 Å². The number of nitrogens with one attached hydrogen (secondary N) is 3. The third-order valence-corrected chi connectivity index (χ3v) is 12.6. The number of fused-ring (bicyclic) bond motifs is 2. The molecule has 292 valence electrons. The van der Waals surface area contributed by atoms with Crippen molar-refractivity contribution in [3.8, 4) is 11.8 Å². The Balaban J connectivity index is 0.890. The normalized spacial score (nSPS) is 20.1. The Morgan fingerprint density at radius 2 is 1.79 bits per heavy atom. The largest absolute Gasteiger partial charge is 0.322 e. The van der Waals surface area contributed by atoms with Crippen LogP contribution in [0.15, 0.2) is 59.9 Å². The summed E-state index contributed by atoms with van der Waals surface area (Å²) in [6.45, 7) is 11.9. The number of benzene rings is 2. The van der Waals surface area contributed by atoms with Gasteiger partial charge in [0.2, 0.25) is 11.8 Å². The molecule has 0 radical (unpaired) electrons. The number of aromatic nitrogens is 2. The molecule has 0 saturated carbocycles. The number of carbonyl (C=O) groups is 3. The van der Waals surface area contributed by atoms with Crippen molar-refractivity contribution in [1.29, 1.82) is 10.8 Å². The second-order valence-electron chi connectivity index (χ2n) is 14.9. The zero-order valence-electron chi connectivity index (χ0n) is 32.1. The van der Waals surface area contributed by atoms with Gasteiger partial charge in [0, 0.05) is 80.1 Å². The molecule has 6 heterocycles. The standard InChI is InChI=1S/C42H43ClN10O3S/c1-25-35(57-42-37(25)38(29-8-10-31(43)11-9-29)47-26(2)39(45)53(42)27(3)44)13-7-28-21-46-51(22-28)20-19-49-15-17-50(18-16-49)23-30-5-4-6-32-33(30)24-52(41(32)56)34-12-14-36(54)48-40(34)55/h4-6,8-11,21-22,26,34,44-45H,12,14-20,23-24H2,1-3H3,(H,48,54,55)/t26-,34?/m0/s1. The van der Waals surface area contributed by atoms with E-state index in [1.54, 1.807) is 22.9 Å². The summed E-state index contributed by atoms with van der Waals surface area (Å²) in [5, 5.41) is 25.8. The van der Waals surface area contributed by atoms with Crippen molar-refractivity contribution in [1.82, 2.24) is 29.8 Å². The molecular formula is C42H43ClN10O3S. The molecule has 2 aromatic carbocycles. The lowest BCUT2D eigenvalue weighted by atomic mass is 9.99. The molecule has 1 unspecified atom stereocenters. The van der Waals surface area contributed by atoms with E-state index in [0.717, 1.165) is 94.8 Å². The molecule has 2 atom stereocenters. The lowest BCUT2D eigenvalue weighted by Crippen LogP contribution is -2.52. The molecule has 13 nitrogen and oxygen atoms in total. The fourth-order valence-electron chi connectivity index (χ4n) is 7.96. The average Bonchev–Trinajstić information content (AvgIpc) is 3.86. The Morgan fingerprint density at radius 3 is 2.53 bits per heavy atom. The molecular weight excluding hydrogens is 760 g/mol. The first-order chi connectivity index (χ1) is 27.4. The monoisotopic (exact) mass is 802 g/mol. The van der Waals surface area contributed by atoms with E-state index in [0.29, 0.717) is 23.6 Å². The lowest BCUT2D eigenvalue weighted by Gasteiger charge is -2.35. The van der Waals surface area contributed by atoms with Crippen molar-refractivity contribution in [2.75, 3.05) is 37.6 Å². The smallest absolute Gasteiger partial charge is 0.255 e. The number of rotatable bonds is 7. The number of nitrogens with zero attached hydrogens (tertiary/aromatic N) is 7. The van der Waals surface area contributed by atoms with E-state index in [9.17, 15) is 14.4 Å². The SMILES string of the molecule is CC(=N)N1C(=N)[C@H](C)N=C(c2ccc(Cl)cc2)c2c1sc(C#Cc1cnn(CCN3CCN(Cc4cccc5c4CN(C4CCC(=O)NC4=O)C5=O)CC3)c1)c2C. The first kappa shape index (κ1) is 38.4. The summed E-state index contributed by atoms with van der Waals surface area (Å²) < 4.78 is 1.93. The number of anilines is 1. The fourth-order valence-corrected chi connectivity index (χ4v) is 9.32. The summed E-state index contributed by atoms with van der Waals surface area (Å²) in [6, 6.07) is 12.3. The molecule has 0 spiro atoms. The Hall–Kier alpha value is -5.46. The third-order valence-electron chi connectivity index (χ3n) is 11.1. The third kappa shape index (κ3) is 7.68. The molecule has 15 heteroatoms. The van der Waals surface area contributed by atoms with Gasteiger partial charge < -0.3 is 4.90 Å². The van der Waals surface area contributed by atoms with Gasteiger partial charge in [-0.3, -0.25) is 54.9 Å². The lowest BCUT2D eigenvalue weighted by molar-refractivity contribution is -0.136. The van der Waals surface area contributed by atoms with Crippen LogP contribution in [0.25, 0.3) is 0 Å². The number of piperidine rings is 1. The van der Waals surface area contributed by atoms with Crippen LogP contribution in [0.3, 0.4) is 0 Å². The van der Waals surface area contributed by atoms with Crippen LogP contribution in [0.4, 0.5) is 5.00 Å². The van der Waals surface area contributed by atoms with Crippen molar-refractivity contribution in [2.24, 2.45) is 4.99 Å². The maximum atomic E-state index is 13.3. The second kappa shape index (κ2) is 15.8. The topological polar surface area (TPSA) is 154 Å². The molecule has 8 rings (SSSR count). The summed E-state index contributed by atoms with van der Waals surface area (Å²) in [7, 11) is 0. The minimum atomic E-state index is -0.618. The number of hydrogen-bond acceptors (Lipinski definition) is 10. The molecule has 3 N–H and O–H groups in total. The minimum Gasteiger partial charge on any atom is -0.322 e. The van der Waals surface area contributed by atoms with Gasteiger partial charge in [-0.2, -0.15) is 5.10 Å². The first-order valence-corrected chi connectivity index (χ1v) is 20.3. The van der Waals surface area contributed by atoms with Crippen LogP contribution in [0, 0.1) is 29.6 Å². The van der Waals surface area contributed by atoms with Gasteiger partial charge in [-0.15, -0.1) is 11.3 Å². The molecule has 0 bridgehead atoms. The van der Waals surface area contributed by atoms with Crippen molar-refractivity contribution >= 4 is 63.0 Å². The maximum absolute atomic E-state index is 13.3. The van der Waals surface area contributed by atoms with Crippen LogP contribution in [0.1, 0.15) is 75.3 Å². The van der Waals surface area contributed by atoms with Crippen LogP contribution in [-0.4, -0.2) is 104 Å². The second-order valence-corrected chi connectivity index (χ2v) is 16.3. The van der Waals surface area contributed by atoms with Crippen molar-refractivity contribution in [3.63, 3.8) is 0 Å². The maximum Gasteiger partial charge on any atom is 0.255 e. The quantitative estimate of drug-likeness (QED) is 0.104. The van der Waals surface area contributed by atoms with Crippen LogP contribution < -0.4 is 10.2 Å². The van der Waals surface area contributed by atoms with Gasteiger partial charge in [0.05, 0.1) is 28.9 Å². The molecule has 4 aromatic rings. The van der Waals surface area contributed by atoms with Gasteiger partial charge in [0.15, 0.2) is 0 Å². The molecule has 4 aliphatic heterocycles. The van der Waals surface area contributed by atoms with Gasteiger partial charge in [-0.05, 0) is 62.1 Å². The van der Waals surface area contributed by atoms with Gasteiger partial charge in [-0.1, -0.05) is 47.7 Å². The highest BCUT2D eigenvalue weighted by atomic mass is 35.5. The molecule has 2 saturated heterocycles. The van der Waals surface area contributed by atoms with Crippen LogP contribution >= 0.6 is 22.9 Å². The minimum absolute atomic E-state index is 0.143. The van der Waals surface area contributed by atoms with E-state index in [2.05, 4.69) is 38.1 Å². The predicted octanol–water partition coefficient (Wildman–Crippen LogP) is 4.91. The van der Waals surface area contributed by atoms with E-state index in [-0.39, 0.29) is 29.9 Å². The summed E-state index contributed by atoms with van der Waals surface area (Å²) >= 11 is 7.68. The molecule has 4 aliphatic rings. The van der Waals surface area contributed by atoms with Gasteiger partial charge in [0.25, 0.3) is 5.91 Å². The number of thiophene rings is 1. The summed E-state index contributed by atoms with van der Waals surface area (Å²) in [5.41, 5.74) is 7.03. The highest BCUT2D eigenvalue weighted by Gasteiger charge is 2.40. The zero-order chi connectivity index (χ0) is 40.0. The van der Waals surface area contributed by atoms with Crippen molar-refractivity contribution in [3.05, 3.63) is 104 Å². The summed E-state index contributed by atoms with van der Waals surface area (Å²) in [5.74, 6) is 6.34. The van der Waals surface area contributed by atoms with Crippen molar-refractivity contribution < 1.29 is 14.4 Å². The molecule has 3 amide bonds. The Bertz CT molecular complexity index is 2400. The van der Waals surface area contributed by atoms with Gasteiger partial charge >= 0.3 is 0 Å². The Morgan fingerprint density at radius 1 is 1.04 bits per heavy atom. The van der Waals surface area contributed by atoms with Crippen molar-refractivity contribution in [2.45, 2.75) is 65.3 Å². The van der Waals surface area contributed by atoms with Gasteiger partial charge in [0.1, 0.15) is 28.8 Å². The fraction of sp³-hybridized carbons (Fsp3) is 0.357. The van der Waals surface area contributed by atoms with Gasteiger partial charge in [-0.25, -0.2) is 0 Å². The molecule has 2 fully saturated rings.